The number of aldehydes is 1. The second kappa shape index (κ2) is 7.19. The number of ketones is 1. The number of hydrogen-bond acceptors (Lipinski definition) is 2. The molecule has 0 heterocycles. The minimum absolute atomic E-state index is 0.296. The molecule has 0 radical (unpaired) electrons. The second-order valence-corrected chi connectivity index (χ2v) is 2.36. The molecule has 2 nitrogen and oxygen atoms in total. The summed E-state index contributed by atoms with van der Waals surface area (Å²) in [6.07, 6.45) is 7.59. The highest BCUT2D eigenvalue weighted by atomic mass is 16.2. The Hall–Kier alpha value is -0.920. The molecule has 0 saturated carbocycles. The third-order valence-electron chi connectivity index (χ3n) is 1.33. The van der Waals surface area contributed by atoms with Gasteiger partial charge in [0.1, 0.15) is 0 Å². The lowest BCUT2D eigenvalue weighted by molar-refractivity contribution is -0.129. The molecule has 0 N–H and O–H groups in total. The lowest BCUT2D eigenvalue weighted by atomic mass is 10.2. The van der Waals surface area contributed by atoms with Crippen LogP contribution in [0.4, 0.5) is 0 Å². The summed E-state index contributed by atoms with van der Waals surface area (Å²) in [7, 11) is 0. The quantitative estimate of drug-likeness (QED) is 0.253. The lowest BCUT2D eigenvalue weighted by Gasteiger charge is -1.89. The standard InChI is InChI=1S/C9H14O2/c1-2-3-4-5-6-7-9(11)8-10/h3-4,8H,2,5-7H2,1H3. The van der Waals surface area contributed by atoms with Crippen LogP contribution >= 0.6 is 0 Å². The largest absolute Gasteiger partial charge is 0.295 e. The predicted molar refractivity (Wildman–Crippen MR) is 44.4 cm³/mol. The van der Waals surface area contributed by atoms with E-state index in [1.807, 2.05) is 6.08 Å². The average Bonchev–Trinajstić information content (AvgIpc) is 2.04. The van der Waals surface area contributed by atoms with E-state index in [2.05, 4.69) is 13.0 Å². The Morgan fingerprint density at radius 3 is 2.64 bits per heavy atom. The third-order valence-corrected chi connectivity index (χ3v) is 1.33. The Bertz CT molecular complexity index is 148. The van der Waals surface area contributed by atoms with E-state index in [9.17, 15) is 9.59 Å². The van der Waals surface area contributed by atoms with Crippen molar-refractivity contribution in [2.24, 2.45) is 0 Å². The number of rotatable bonds is 6. The summed E-state index contributed by atoms with van der Waals surface area (Å²) in [4.78, 5) is 20.3. The van der Waals surface area contributed by atoms with Crippen LogP contribution < -0.4 is 0 Å². The fourth-order valence-corrected chi connectivity index (χ4v) is 0.738. The molecule has 0 aliphatic heterocycles. The molecule has 0 aliphatic carbocycles. The van der Waals surface area contributed by atoms with Crippen molar-refractivity contribution >= 4 is 12.1 Å². The molecule has 0 aromatic heterocycles. The van der Waals surface area contributed by atoms with Gasteiger partial charge in [0.05, 0.1) is 0 Å². The molecule has 0 saturated heterocycles. The maximum atomic E-state index is 10.5. The first-order valence-corrected chi connectivity index (χ1v) is 3.94. The SMILES string of the molecule is CCC=CCCCC(=O)C=O. The van der Waals surface area contributed by atoms with Crippen LogP contribution in [-0.4, -0.2) is 12.1 Å². The Morgan fingerprint density at radius 2 is 2.09 bits per heavy atom. The number of carbonyl (C=O) groups is 2. The van der Waals surface area contributed by atoms with E-state index < -0.39 is 0 Å². The van der Waals surface area contributed by atoms with Gasteiger partial charge in [0, 0.05) is 6.42 Å². The van der Waals surface area contributed by atoms with Crippen LogP contribution in [0, 0.1) is 0 Å². The molecule has 2 heteroatoms. The van der Waals surface area contributed by atoms with E-state index in [-0.39, 0.29) is 5.78 Å². The molecule has 11 heavy (non-hydrogen) atoms. The monoisotopic (exact) mass is 154 g/mol. The van der Waals surface area contributed by atoms with Gasteiger partial charge in [-0.05, 0) is 19.3 Å². The number of carbonyl (C=O) groups excluding carboxylic acids is 2. The maximum Gasteiger partial charge on any atom is 0.195 e. The molecule has 0 atom stereocenters. The zero-order valence-electron chi connectivity index (χ0n) is 6.88. The van der Waals surface area contributed by atoms with Crippen LogP contribution in [0.3, 0.4) is 0 Å². The van der Waals surface area contributed by atoms with Crippen LogP contribution in [0.15, 0.2) is 12.2 Å². The number of hydrogen-bond donors (Lipinski definition) is 0. The van der Waals surface area contributed by atoms with E-state index >= 15 is 0 Å². The minimum Gasteiger partial charge on any atom is -0.295 e. The molecular weight excluding hydrogens is 140 g/mol. The normalized spacial score (nSPS) is 10.3. The molecule has 0 fully saturated rings. The van der Waals surface area contributed by atoms with Crippen LogP contribution in [-0.2, 0) is 9.59 Å². The lowest BCUT2D eigenvalue weighted by Crippen LogP contribution is -1.96. The van der Waals surface area contributed by atoms with Crippen molar-refractivity contribution in [2.45, 2.75) is 32.6 Å². The van der Waals surface area contributed by atoms with Crippen molar-refractivity contribution in [3.05, 3.63) is 12.2 Å². The number of Topliss-reactive ketones (excluding diaryl/α,β-unsaturated/α-hetero) is 1. The highest BCUT2D eigenvalue weighted by Gasteiger charge is 1.95. The van der Waals surface area contributed by atoms with E-state index in [4.69, 9.17) is 0 Å². The van der Waals surface area contributed by atoms with E-state index in [1.165, 1.54) is 0 Å². The van der Waals surface area contributed by atoms with Crippen LogP contribution in [0.25, 0.3) is 0 Å². The van der Waals surface area contributed by atoms with Crippen molar-refractivity contribution < 1.29 is 9.59 Å². The Balaban J connectivity index is 3.20. The van der Waals surface area contributed by atoms with Crippen LogP contribution in [0.5, 0.6) is 0 Å². The van der Waals surface area contributed by atoms with Gasteiger partial charge in [-0.3, -0.25) is 9.59 Å². The smallest absolute Gasteiger partial charge is 0.195 e. The maximum absolute atomic E-state index is 10.5. The topological polar surface area (TPSA) is 34.1 Å². The number of unbranched alkanes of at least 4 members (excludes halogenated alkanes) is 1. The Kier molecular flexibility index (Phi) is 6.59. The summed E-state index contributed by atoms with van der Waals surface area (Å²) < 4.78 is 0. The van der Waals surface area contributed by atoms with E-state index in [1.54, 1.807) is 0 Å². The van der Waals surface area contributed by atoms with Gasteiger partial charge in [-0.25, -0.2) is 0 Å². The summed E-state index contributed by atoms with van der Waals surface area (Å²) in [6, 6.07) is 0. The molecule has 0 rings (SSSR count). The predicted octanol–water partition coefficient (Wildman–Crippen LogP) is 1.89. The molecule has 0 aromatic carbocycles. The van der Waals surface area contributed by atoms with E-state index in [0.717, 1.165) is 19.3 Å². The minimum atomic E-state index is -0.296. The molecule has 0 unspecified atom stereocenters. The fraction of sp³-hybridized carbons (Fsp3) is 0.556. The van der Waals surface area contributed by atoms with Gasteiger partial charge in [-0.15, -0.1) is 0 Å². The third kappa shape index (κ3) is 6.97. The van der Waals surface area contributed by atoms with Gasteiger partial charge in [-0.2, -0.15) is 0 Å². The Labute approximate surface area is 67.3 Å². The molecule has 0 aromatic rings. The first-order valence-electron chi connectivity index (χ1n) is 3.94. The van der Waals surface area contributed by atoms with Gasteiger partial charge in [-0.1, -0.05) is 19.1 Å². The summed E-state index contributed by atoms with van der Waals surface area (Å²) >= 11 is 0. The van der Waals surface area contributed by atoms with Crippen molar-refractivity contribution in [3.63, 3.8) is 0 Å². The summed E-state index contributed by atoms with van der Waals surface area (Å²) in [6.45, 7) is 2.06. The first kappa shape index (κ1) is 10.1. The summed E-state index contributed by atoms with van der Waals surface area (Å²) in [5.74, 6) is -0.296. The van der Waals surface area contributed by atoms with Crippen molar-refractivity contribution in [1.82, 2.24) is 0 Å². The van der Waals surface area contributed by atoms with Crippen LogP contribution in [0.2, 0.25) is 0 Å². The van der Waals surface area contributed by atoms with Crippen molar-refractivity contribution in [2.75, 3.05) is 0 Å². The average molecular weight is 154 g/mol. The summed E-state index contributed by atoms with van der Waals surface area (Å²) in [5.41, 5.74) is 0. The van der Waals surface area contributed by atoms with Crippen LogP contribution in [0.1, 0.15) is 32.6 Å². The number of allylic oxidation sites excluding steroid dienone is 2. The summed E-state index contributed by atoms with van der Waals surface area (Å²) in [5, 5.41) is 0. The van der Waals surface area contributed by atoms with Gasteiger partial charge >= 0.3 is 0 Å². The Morgan fingerprint density at radius 1 is 1.36 bits per heavy atom. The van der Waals surface area contributed by atoms with Crippen molar-refractivity contribution in [3.8, 4) is 0 Å². The van der Waals surface area contributed by atoms with Gasteiger partial charge in [0.15, 0.2) is 12.1 Å². The van der Waals surface area contributed by atoms with Crippen molar-refractivity contribution in [1.29, 1.82) is 0 Å². The first-order chi connectivity index (χ1) is 5.31. The highest BCUT2D eigenvalue weighted by molar-refractivity contribution is 6.24. The molecule has 0 bridgehead atoms. The molecule has 0 amide bonds. The second-order valence-electron chi connectivity index (χ2n) is 2.36. The zero-order valence-corrected chi connectivity index (χ0v) is 6.88. The molecule has 62 valence electrons. The fourth-order valence-electron chi connectivity index (χ4n) is 0.738. The molecule has 0 aliphatic rings. The van der Waals surface area contributed by atoms with E-state index in [0.29, 0.717) is 12.7 Å². The highest BCUT2D eigenvalue weighted by Crippen LogP contribution is 1.97. The van der Waals surface area contributed by atoms with Gasteiger partial charge < -0.3 is 0 Å². The van der Waals surface area contributed by atoms with Gasteiger partial charge in [0.25, 0.3) is 0 Å². The zero-order chi connectivity index (χ0) is 8.53. The molecule has 0 spiro atoms. The molecular formula is C9H14O2. The van der Waals surface area contributed by atoms with Gasteiger partial charge in [0.2, 0.25) is 0 Å².